The Bertz CT molecular complexity index is 658. The highest BCUT2D eigenvalue weighted by molar-refractivity contribution is 5.95. The maximum absolute atomic E-state index is 13.0. The molecule has 0 aliphatic carbocycles. The number of halogens is 1. The second kappa shape index (κ2) is 7.30. The lowest BCUT2D eigenvalue weighted by atomic mass is 9.85. The molecule has 7 heteroatoms. The minimum Gasteiger partial charge on any atom is -0.331 e. The molecule has 2 atom stereocenters. The molecule has 6 nitrogen and oxygen atoms in total. The fourth-order valence-corrected chi connectivity index (χ4v) is 3.91. The first-order chi connectivity index (χ1) is 11.3. The summed E-state index contributed by atoms with van der Waals surface area (Å²) in [6, 6.07) is 5.39. The van der Waals surface area contributed by atoms with Crippen molar-refractivity contribution in [1.82, 2.24) is 10.2 Å². The van der Waals surface area contributed by atoms with Gasteiger partial charge in [0.05, 0.1) is 4.92 Å². The topological polar surface area (TPSA) is 75.5 Å². The number of amides is 1. The molecule has 0 radical (unpaired) electrons. The van der Waals surface area contributed by atoms with Crippen LogP contribution < -0.4 is 5.32 Å². The molecule has 3 rings (SSSR count). The van der Waals surface area contributed by atoms with Crippen LogP contribution in [0.15, 0.2) is 18.2 Å². The van der Waals surface area contributed by atoms with E-state index >= 15 is 0 Å². The van der Waals surface area contributed by atoms with Gasteiger partial charge < -0.3 is 10.2 Å². The highest BCUT2D eigenvalue weighted by atomic mass is 35.5. The summed E-state index contributed by atoms with van der Waals surface area (Å²) in [5, 5.41) is 14.9. The van der Waals surface area contributed by atoms with Gasteiger partial charge in [0.15, 0.2) is 0 Å². The van der Waals surface area contributed by atoms with Crippen LogP contribution in [0.3, 0.4) is 0 Å². The predicted molar refractivity (Wildman–Crippen MR) is 99.5 cm³/mol. The lowest BCUT2D eigenvalue weighted by Gasteiger charge is -2.28. The summed E-state index contributed by atoms with van der Waals surface area (Å²) in [7, 11) is 0. The molecular weight excluding hydrogens is 342 g/mol. The van der Waals surface area contributed by atoms with Crippen LogP contribution in [0.1, 0.15) is 56.0 Å². The maximum Gasteiger partial charge on any atom is 0.273 e. The van der Waals surface area contributed by atoms with Crippen LogP contribution in [-0.4, -0.2) is 40.9 Å². The van der Waals surface area contributed by atoms with Crippen LogP contribution in [-0.2, 0) is 5.41 Å². The summed E-state index contributed by atoms with van der Waals surface area (Å²) in [6.07, 6.45) is 2.98. The Morgan fingerprint density at radius 2 is 1.92 bits per heavy atom. The summed E-state index contributed by atoms with van der Waals surface area (Å²) < 4.78 is 0. The molecule has 2 aliphatic rings. The van der Waals surface area contributed by atoms with Gasteiger partial charge in [0, 0.05) is 35.8 Å². The fourth-order valence-electron chi connectivity index (χ4n) is 3.91. The quantitative estimate of drug-likeness (QED) is 0.643. The van der Waals surface area contributed by atoms with Crippen LogP contribution in [0.4, 0.5) is 5.69 Å². The molecule has 2 fully saturated rings. The lowest BCUT2D eigenvalue weighted by molar-refractivity contribution is -0.386. The SMILES string of the molecule is CC(C)(C)c1ccc(C(=O)N2C3CCNCC2CC3)cc1[N+](=O)[O-].Cl. The number of nitrogens with one attached hydrogen (secondary N) is 1. The molecule has 1 N–H and O–H groups in total. The lowest BCUT2D eigenvalue weighted by Crippen LogP contribution is -2.42. The third-order valence-corrected chi connectivity index (χ3v) is 5.14. The third-order valence-electron chi connectivity index (χ3n) is 5.14. The van der Waals surface area contributed by atoms with Gasteiger partial charge in [0.25, 0.3) is 11.6 Å². The first kappa shape index (κ1) is 19.7. The van der Waals surface area contributed by atoms with Crippen molar-refractivity contribution < 1.29 is 9.72 Å². The van der Waals surface area contributed by atoms with Gasteiger partial charge in [-0.05, 0) is 37.3 Å². The average molecular weight is 368 g/mol. The monoisotopic (exact) mass is 367 g/mol. The molecule has 2 heterocycles. The molecule has 1 amide bonds. The normalized spacial score (nSPS) is 22.9. The van der Waals surface area contributed by atoms with Gasteiger partial charge in [-0.2, -0.15) is 0 Å². The number of fused-ring (bicyclic) bond motifs is 2. The van der Waals surface area contributed by atoms with Gasteiger partial charge in [-0.15, -0.1) is 12.4 Å². The molecule has 2 unspecified atom stereocenters. The van der Waals surface area contributed by atoms with E-state index in [-0.39, 0.29) is 46.4 Å². The minimum absolute atomic E-state index is 0. The highest BCUT2D eigenvalue weighted by Gasteiger charge is 2.39. The Morgan fingerprint density at radius 1 is 1.24 bits per heavy atom. The molecule has 2 bridgehead atoms. The van der Waals surface area contributed by atoms with Crippen LogP contribution in [0, 0.1) is 10.1 Å². The Balaban J connectivity index is 0.00000225. The van der Waals surface area contributed by atoms with E-state index < -0.39 is 0 Å². The molecule has 0 saturated carbocycles. The van der Waals surface area contributed by atoms with Gasteiger partial charge >= 0.3 is 0 Å². The van der Waals surface area contributed by atoms with E-state index in [2.05, 4.69) is 5.32 Å². The highest BCUT2D eigenvalue weighted by Crippen LogP contribution is 2.34. The average Bonchev–Trinajstić information content (AvgIpc) is 2.78. The number of nitrogens with zero attached hydrogens (tertiary/aromatic N) is 2. The summed E-state index contributed by atoms with van der Waals surface area (Å²) in [6.45, 7) is 7.56. The standard InChI is InChI=1S/C18H25N3O3.ClH/c1-18(2,3)15-7-4-12(10-16(15)21(23)24)17(22)20-13-5-6-14(20)11-19-9-8-13;/h4,7,10,13-14,19H,5-6,8-9,11H2,1-3H3;1H. The van der Waals surface area contributed by atoms with E-state index in [1.165, 1.54) is 6.07 Å². The first-order valence-electron chi connectivity index (χ1n) is 8.61. The summed E-state index contributed by atoms with van der Waals surface area (Å²) in [5.41, 5.74) is 0.780. The van der Waals surface area contributed by atoms with Crippen LogP contribution in [0.5, 0.6) is 0 Å². The largest absolute Gasteiger partial charge is 0.331 e. The molecule has 1 aromatic rings. The number of nitro groups is 1. The van der Waals surface area contributed by atoms with Crippen molar-refractivity contribution in [2.45, 2.75) is 57.5 Å². The zero-order chi connectivity index (χ0) is 17.5. The van der Waals surface area contributed by atoms with Crippen LogP contribution in [0.2, 0.25) is 0 Å². The smallest absolute Gasteiger partial charge is 0.273 e. The van der Waals surface area contributed by atoms with Gasteiger partial charge in [0.2, 0.25) is 0 Å². The number of rotatable bonds is 2. The van der Waals surface area contributed by atoms with Gasteiger partial charge in [0.1, 0.15) is 0 Å². The van der Waals surface area contributed by atoms with Crippen molar-refractivity contribution in [2.75, 3.05) is 13.1 Å². The minimum atomic E-state index is -0.379. The van der Waals surface area contributed by atoms with Crippen molar-refractivity contribution in [3.8, 4) is 0 Å². The molecular formula is C18H26ClN3O3. The van der Waals surface area contributed by atoms with Gasteiger partial charge in [-0.25, -0.2) is 0 Å². The zero-order valence-corrected chi connectivity index (χ0v) is 15.8. The Morgan fingerprint density at radius 3 is 2.56 bits per heavy atom. The van der Waals surface area contributed by atoms with Crippen LogP contribution in [0.25, 0.3) is 0 Å². The van der Waals surface area contributed by atoms with E-state index in [0.717, 1.165) is 32.4 Å². The summed E-state index contributed by atoms with van der Waals surface area (Å²) >= 11 is 0. The van der Waals surface area contributed by atoms with Crippen molar-refractivity contribution >= 4 is 24.0 Å². The van der Waals surface area contributed by atoms with E-state index in [0.29, 0.717) is 11.1 Å². The second-order valence-corrected chi connectivity index (χ2v) is 7.83. The van der Waals surface area contributed by atoms with Crippen molar-refractivity contribution in [2.24, 2.45) is 0 Å². The van der Waals surface area contributed by atoms with E-state index in [9.17, 15) is 14.9 Å². The zero-order valence-electron chi connectivity index (χ0n) is 14.9. The van der Waals surface area contributed by atoms with Gasteiger partial charge in [-0.3, -0.25) is 14.9 Å². The number of carbonyl (C=O) groups excluding carboxylic acids is 1. The maximum atomic E-state index is 13.0. The van der Waals surface area contributed by atoms with Gasteiger partial charge in [-0.1, -0.05) is 26.8 Å². The molecule has 0 aromatic heterocycles. The van der Waals surface area contributed by atoms with Crippen molar-refractivity contribution in [3.05, 3.63) is 39.4 Å². The number of hydrogen-bond acceptors (Lipinski definition) is 4. The summed E-state index contributed by atoms with van der Waals surface area (Å²) in [5.74, 6) is -0.0743. The summed E-state index contributed by atoms with van der Waals surface area (Å²) in [4.78, 5) is 26.1. The number of hydrogen-bond donors (Lipinski definition) is 1. The molecule has 2 saturated heterocycles. The van der Waals surface area contributed by atoms with Crippen molar-refractivity contribution in [1.29, 1.82) is 0 Å². The molecule has 25 heavy (non-hydrogen) atoms. The van der Waals surface area contributed by atoms with Crippen molar-refractivity contribution in [3.63, 3.8) is 0 Å². The Kier molecular flexibility index (Phi) is 5.74. The molecule has 2 aliphatic heterocycles. The van der Waals surface area contributed by atoms with Crippen LogP contribution >= 0.6 is 12.4 Å². The number of carbonyl (C=O) groups is 1. The second-order valence-electron chi connectivity index (χ2n) is 7.83. The fraction of sp³-hybridized carbons (Fsp3) is 0.611. The molecule has 0 spiro atoms. The third kappa shape index (κ3) is 3.80. The Labute approximate surface area is 154 Å². The molecule has 138 valence electrons. The predicted octanol–water partition coefficient (Wildman–Crippen LogP) is 3.28. The number of benzene rings is 1. The van der Waals surface area contributed by atoms with E-state index in [4.69, 9.17) is 0 Å². The Hall–Kier alpha value is -1.66. The number of nitro benzene ring substituents is 1. The molecule has 1 aromatic carbocycles. The first-order valence-corrected chi connectivity index (χ1v) is 8.61. The van der Waals surface area contributed by atoms with E-state index in [1.54, 1.807) is 12.1 Å². The van der Waals surface area contributed by atoms with E-state index in [1.807, 2.05) is 25.7 Å².